The van der Waals surface area contributed by atoms with E-state index in [9.17, 15) is 0 Å². The first kappa shape index (κ1) is 47.1. The van der Waals surface area contributed by atoms with Crippen molar-refractivity contribution in [3.8, 4) is 0 Å². The maximum Gasteiger partial charge on any atom is 0.0743 e. The van der Waals surface area contributed by atoms with E-state index in [0.29, 0.717) is 0 Å². The highest BCUT2D eigenvalue weighted by molar-refractivity contribution is 5.91. The Kier molecular flexibility index (Phi) is 12.1. The van der Waals surface area contributed by atoms with Gasteiger partial charge in [0.1, 0.15) is 0 Å². The van der Waals surface area contributed by atoms with Gasteiger partial charge in [0, 0.05) is 39.8 Å². The minimum absolute atomic E-state index is 0.773. The molecule has 3 nitrogen and oxygen atoms in total. The molecule has 1 aliphatic rings. The Labute approximate surface area is 423 Å². The number of anilines is 9. The second-order valence-corrected chi connectivity index (χ2v) is 20.3. The van der Waals surface area contributed by atoms with Gasteiger partial charge in [0.05, 0.1) is 16.8 Å². The minimum Gasteiger partial charge on any atom is -0.310 e. The lowest BCUT2D eigenvalue weighted by molar-refractivity contribution is 0.731. The van der Waals surface area contributed by atoms with E-state index in [1.165, 1.54) is 117 Å². The van der Waals surface area contributed by atoms with Gasteiger partial charge >= 0.3 is 0 Å². The molecule has 71 heavy (non-hydrogen) atoms. The molecule has 3 heteroatoms. The molecule has 354 valence electrons. The van der Waals surface area contributed by atoms with Crippen LogP contribution in [-0.4, -0.2) is 0 Å². The number of para-hydroxylation sites is 2. The van der Waals surface area contributed by atoms with Crippen LogP contribution in [0.3, 0.4) is 0 Å². The van der Waals surface area contributed by atoms with E-state index >= 15 is 0 Å². The number of rotatable bonds is 9. The van der Waals surface area contributed by atoms with Gasteiger partial charge in [-0.2, -0.15) is 0 Å². The Morgan fingerprint density at radius 2 is 0.648 bits per heavy atom. The molecule has 0 amide bonds. The third kappa shape index (κ3) is 7.65. The van der Waals surface area contributed by atoms with Gasteiger partial charge < -0.3 is 14.7 Å². The van der Waals surface area contributed by atoms with Crippen LogP contribution in [0.2, 0.25) is 0 Å². The summed E-state index contributed by atoms with van der Waals surface area (Å²) in [5.74, 6) is 0. The topological polar surface area (TPSA) is 9.72 Å². The van der Waals surface area contributed by atoms with Crippen molar-refractivity contribution >= 4 is 51.2 Å². The maximum atomic E-state index is 2.52. The van der Waals surface area contributed by atoms with Crippen LogP contribution in [-0.2, 0) is 5.41 Å². The van der Waals surface area contributed by atoms with Gasteiger partial charge in [-0.1, -0.05) is 103 Å². The first-order chi connectivity index (χ1) is 34.1. The van der Waals surface area contributed by atoms with Crippen molar-refractivity contribution in [2.75, 3.05) is 14.7 Å². The molecule has 0 aromatic heterocycles. The molecule has 0 aliphatic carbocycles. The van der Waals surface area contributed by atoms with E-state index < -0.39 is 5.41 Å². The van der Waals surface area contributed by atoms with Gasteiger partial charge in [0.2, 0.25) is 0 Å². The average Bonchev–Trinajstić information content (AvgIpc) is 3.38. The Morgan fingerprint density at radius 1 is 0.310 bits per heavy atom. The molecule has 1 aliphatic heterocycles. The van der Waals surface area contributed by atoms with Crippen molar-refractivity contribution in [3.63, 3.8) is 0 Å². The molecule has 0 saturated carbocycles. The van der Waals surface area contributed by atoms with Crippen LogP contribution in [0.1, 0.15) is 94.6 Å². The van der Waals surface area contributed by atoms with Crippen molar-refractivity contribution < 1.29 is 0 Å². The lowest BCUT2D eigenvalue weighted by atomic mass is 9.62. The fraction of sp³-hybridized carbons (Fsp3) is 0.206. The van der Waals surface area contributed by atoms with Crippen LogP contribution in [0.25, 0.3) is 0 Å². The van der Waals surface area contributed by atoms with Crippen molar-refractivity contribution in [2.45, 2.75) is 95.4 Å². The van der Waals surface area contributed by atoms with Gasteiger partial charge in [0.25, 0.3) is 0 Å². The molecule has 0 unspecified atom stereocenters. The van der Waals surface area contributed by atoms with E-state index in [-0.39, 0.29) is 0 Å². The summed E-state index contributed by atoms with van der Waals surface area (Å²) in [6.45, 7) is 29.2. The number of aryl methyl sites for hydroxylation is 5. The van der Waals surface area contributed by atoms with Gasteiger partial charge in [0.15, 0.2) is 0 Å². The van der Waals surface area contributed by atoms with E-state index in [4.69, 9.17) is 0 Å². The molecule has 10 rings (SSSR count). The maximum absolute atomic E-state index is 2.52. The first-order valence-corrected chi connectivity index (χ1v) is 25.3. The van der Waals surface area contributed by atoms with Gasteiger partial charge in [-0.3, -0.25) is 0 Å². The zero-order valence-electron chi connectivity index (χ0n) is 44.0. The number of benzene rings is 9. The lowest BCUT2D eigenvalue weighted by Crippen LogP contribution is -2.38. The predicted molar refractivity (Wildman–Crippen MR) is 304 cm³/mol. The molecular weight excluding hydrogens is 859 g/mol. The molecule has 0 fully saturated rings. The third-order valence-electron chi connectivity index (χ3n) is 16.5. The Hall–Kier alpha value is -7.62. The van der Waals surface area contributed by atoms with Gasteiger partial charge in [-0.05, 0) is 252 Å². The fourth-order valence-corrected chi connectivity index (χ4v) is 11.3. The summed E-state index contributed by atoms with van der Waals surface area (Å²) in [5, 5.41) is 0. The van der Waals surface area contributed by atoms with Crippen LogP contribution >= 0.6 is 0 Å². The highest BCUT2D eigenvalue weighted by Crippen LogP contribution is 2.59. The average molecular weight is 926 g/mol. The zero-order chi connectivity index (χ0) is 50.0. The highest BCUT2D eigenvalue weighted by atomic mass is 15.2. The molecule has 0 radical (unpaired) electrons. The second-order valence-electron chi connectivity index (χ2n) is 20.3. The van der Waals surface area contributed by atoms with E-state index in [1.54, 1.807) is 0 Å². The number of hydrogen-bond donors (Lipinski definition) is 0. The van der Waals surface area contributed by atoms with Crippen molar-refractivity contribution in [2.24, 2.45) is 0 Å². The number of nitrogens with zero attached hydrogens (tertiary/aromatic N) is 3. The summed E-state index contributed by atoms with van der Waals surface area (Å²) >= 11 is 0. The summed E-state index contributed by atoms with van der Waals surface area (Å²) in [5.41, 5.74) is 31.3. The standard InChI is InChI=1S/C68H67N3/c1-42-28-34-57(35-29-42)69-66-26-16-14-24-60(66)68(61-25-15-17-27-67(61)69,55-20-18-22-58(40-55)70(62-36-30-43(2)47(6)51(62)10)63-37-31-44(3)48(7)52(63)11)56-21-19-23-59(41-56)71(64-38-32-45(4)49(8)53(64)12)65-39-33-46(5)50(9)54(65)13/h14-41H,1-13H3. The molecule has 0 bridgehead atoms. The van der Waals surface area contributed by atoms with Crippen molar-refractivity contribution in [1.29, 1.82) is 0 Å². The Bertz CT molecular complexity index is 3210. The molecule has 1 heterocycles. The smallest absolute Gasteiger partial charge is 0.0743 e. The summed E-state index contributed by atoms with van der Waals surface area (Å²) in [6.07, 6.45) is 0. The minimum atomic E-state index is -0.773. The van der Waals surface area contributed by atoms with E-state index in [1.807, 2.05) is 0 Å². The molecule has 0 atom stereocenters. The van der Waals surface area contributed by atoms with Crippen LogP contribution in [0.4, 0.5) is 51.2 Å². The molecular formula is C68H67N3. The molecule has 0 spiro atoms. The van der Waals surface area contributed by atoms with E-state index in [0.717, 1.165) is 28.4 Å². The quantitative estimate of drug-likeness (QED) is 0.143. The molecule has 9 aromatic rings. The zero-order valence-corrected chi connectivity index (χ0v) is 44.0. The second kappa shape index (κ2) is 18.3. The van der Waals surface area contributed by atoms with Gasteiger partial charge in [-0.25, -0.2) is 0 Å². The summed E-state index contributed by atoms with van der Waals surface area (Å²) < 4.78 is 0. The van der Waals surface area contributed by atoms with Crippen LogP contribution in [0.5, 0.6) is 0 Å². The SMILES string of the molecule is Cc1ccc(N2c3ccccc3C(c3cccc(N(c4ccc(C)c(C)c4C)c4ccc(C)c(C)c4C)c3)(c3cccc(N(c4ccc(C)c(C)c4C)c4ccc(C)c(C)c4C)c3)c3ccccc32)cc1. The highest BCUT2D eigenvalue weighted by Gasteiger charge is 2.47. The normalized spacial score (nSPS) is 12.7. The van der Waals surface area contributed by atoms with Crippen molar-refractivity contribution in [3.05, 3.63) is 264 Å². The third-order valence-corrected chi connectivity index (χ3v) is 16.5. The number of hydrogen-bond acceptors (Lipinski definition) is 3. The van der Waals surface area contributed by atoms with Crippen LogP contribution < -0.4 is 14.7 Å². The largest absolute Gasteiger partial charge is 0.310 e. The monoisotopic (exact) mass is 926 g/mol. The van der Waals surface area contributed by atoms with Crippen LogP contribution in [0.15, 0.2) is 170 Å². The van der Waals surface area contributed by atoms with Crippen molar-refractivity contribution in [1.82, 2.24) is 0 Å². The predicted octanol–water partition coefficient (Wildman–Crippen LogP) is 18.8. The van der Waals surface area contributed by atoms with Crippen LogP contribution in [0, 0.1) is 90.0 Å². The fourth-order valence-electron chi connectivity index (χ4n) is 11.3. The molecule has 0 saturated heterocycles. The lowest BCUT2D eigenvalue weighted by Gasteiger charge is -2.47. The first-order valence-electron chi connectivity index (χ1n) is 25.3. The molecule has 9 aromatic carbocycles. The van der Waals surface area contributed by atoms with Gasteiger partial charge in [-0.15, -0.1) is 0 Å². The summed E-state index contributed by atoms with van der Waals surface area (Å²) in [6, 6.07) is 64.6. The molecule has 0 N–H and O–H groups in total. The summed E-state index contributed by atoms with van der Waals surface area (Å²) in [4.78, 5) is 7.51. The number of fused-ring (bicyclic) bond motifs is 2. The van der Waals surface area contributed by atoms with E-state index in [2.05, 4.69) is 275 Å². The Balaban J connectivity index is 1.32. The Morgan fingerprint density at radius 3 is 1.00 bits per heavy atom. The summed E-state index contributed by atoms with van der Waals surface area (Å²) in [7, 11) is 0.